The molecule has 3 aromatic carbocycles. The summed E-state index contributed by atoms with van der Waals surface area (Å²) in [6, 6.07) is 23.4. The molecule has 0 amide bonds. The molecule has 0 spiro atoms. The first-order valence-corrected chi connectivity index (χ1v) is 11.7. The van der Waals surface area contributed by atoms with E-state index in [0.717, 1.165) is 22.7 Å². The van der Waals surface area contributed by atoms with Gasteiger partial charge in [-0.1, -0.05) is 42.5 Å². The van der Waals surface area contributed by atoms with Crippen LogP contribution in [-0.2, 0) is 9.84 Å². The minimum absolute atomic E-state index is 0.179. The summed E-state index contributed by atoms with van der Waals surface area (Å²) in [6.45, 7) is 0. The van der Waals surface area contributed by atoms with Gasteiger partial charge in [0.25, 0.3) is 0 Å². The molecule has 8 heteroatoms. The number of benzene rings is 3. The van der Waals surface area contributed by atoms with Gasteiger partial charge in [-0.05, 0) is 35.7 Å². The van der Waals surface area contributed by atoms with E-state index in [1.54, 1.807) is 29.1 Å². The number of rotatable bonds is 4. The third-order valence-corrected chi connectivity index (χ3v) is 6.31. The van der Waals surface area contributed by atoms with E-state index in [2.05, 4.69) is 10.2 Å². The molecule has 158 valence electrons. The average Bonchev–Trinajstić information content (AvgIpc) is 3.28. The summed E-state index contributed by atoms with van der Waals surface area (Å²) in [4.78, 5) is 12.9. The highest BCUT2D eigenvalue weighted by Gasteiger charge is 2.16. The van der Waals surface area contributed by atoms with Crippen LogP contribution in [-0.4, -0.2) is 34.2 Å². The predicted molar refractivity (Wildman–Crippen MR) is 123 cm³/mol. The monoisotopic (exact) mass is 442 g/mol. The zero-order valence-electron chi connectivity index (χ0n) is 17.1. The van der Waals surface area contributed by atoms with Gasteiger partial charge < -0.3 is 0 Å². The Bertz CT molecular complexity index is 1630. The van der Waals surface area contributed by atoms with Crippen LogP contribution in [0.25, 0.3) is 33.5 Å². The normalized spacial score (nSPS) is 11.7. The molecule has 5 aromatic rings. The van der Waals surface area contributed by atoms with Gasteiger partial charge in [-0.15, -0.1) is 0 Å². The van der Waals surface area contributed by atoms with E-state index in [1.807, 2.05) is 42.5 Å². The first-order valence-electron chi connectivity index (χ1n) is 9.85. The summed E-state index contributed by atoms with van der Waals surface area (Å²) in [6.07, 6.45) is 4.30. The fourth-order valence-electron chi connectivity index (χ4n) is 3.65. The molecule has 0 aliphatic carbocycles. The fraction of sp³-hybridized carbons (Fsp3) is 0.0417. The minimum Gasteiger partial charge on any atom is -0.287 e. The van der Waals surface area contributed by atoms with Gasteiger partial charge in [0, 0.05) is 23.9 Å². The molecular weight excluding hydrogens is 424 g/mol. The summed E-state index contributed by atoms with van der Waals surface area (Å²) < 4.78 is 27.1. The molecule has 0 N–H and O–H groups in total. The van der Waals surface area contributed by atoms with Crippen molar-refractivity contribution in [1.29, 1.82) is 0 Å². The van der Waals surface area contributed by atoms with Gasteiger partial charge in [0.05, 0.1) is 28.2 Å². The van der Waals surface area contributed by atoms with Gasteiger partial charge in [-0.3, -0.25) is 4.79 Å². The highest BCUT2D eigenvalue weighted by Crippen LogP contribution is 2.25. The molecule has 7 nitrogen and oxygen atoms in total. The fourth-order valence-corrected chi connectivity index (χ4v) is 4.31. The van der Waals surface area contributed by atoms with Crippen molar-refractivity contribution < 1.29 is 8.42 Å². The third-order valence-electron chi connectivity index (χ3n) is 5.20. The van der Waals surface area contributed by atoms with Crippen LogP contribution in [0.1, 0.15) is 0 Å². The van der Waals surface area contributed by atoms with Crippen LogP contribution in [0.15, 0.2) is 101 Å². The molecule has 32 heavy (non-hydrogen) atoms. The average molecular weight is 443 g/mol. The number of hydrogen-bond acceptors (Lipinski definition) is 5. The molecule has 0 fully saturated rings. The van der Waals surface area contributed by atoms with E-state index in [9.17, 15) is 13.2 Å². The molecule has 2 aromatic heterocycles. The molecule has 2 heterocycles. The Labute approximate surface area is 184 Å². The van der Waals surface area contributed by atoms with E-state index in [1.165, 1.54) is 29.1 Å². The van der Waals surface area contributed by atoms with Crippen molar-refractivity contribution >= 4 is 20.6 Å². The zero-order chi connectivity index (χ0) is 22.3. The summed E-state index contributed by atoms with van der Waals surface area (Å²) in [7, 11) is -3.38. The Morgan fingerprint density at radius 1 is 0.875 bits per heavy atom. The largest absolute Gasteiger partial charge is 0.287 e. The van der Waals surface area contributed by atoms with Gasteiger partial charge in [0.15, 0.2) is 15.5 Å². The van der Waals surface area contributed by atoms with Crippen molar-refractivity contribution in [3.05, 3.63) is 101 Å². The van der Waals surface area contributed by atoms with Crippen LogP contribution in [0.3, 0.4) is 0 Å². The molecule has 0 radical (unpaired) electrons. The maximum atomic E-state index is 12.8. The first kappa shape index (κ1) is 19.9. The maximum Gasteiger partial charge on any atom is 0.209 e. The van der Waals surface area contributed by atoms with Crippen molar-refractivity contribution in [2.45, 2.75) is 4.90 Å². The third kappa shape index (κ3) is 3.50. The quantitative estimate of drug-likeness (QED) is 0.424. The molecular formula is C24H18N4O3S. The van der Waals surface area contributed by atoms with E-state index in [-0.39, 0.29) is 16.0 Å². The first-order chi connectivity index (χ1) is 15.4. The predicted octanol–water partition coefficient (Wildman–Crippen LogP) is 3.64. The summed E-state index contributed by atoms with van der Waals surface area (Å²) in [5, 5.41) is 11.0. The van der Waals surface area contributed by atoms with Crippen molar-refractivity contribution in [2.24, 2.45) is 0 Å². The number of hydrogen-bond donors (Lipinski definition) is 0. The topological polar surface area (TPSA) is 86.9 Å². The molecule has 0 bridgehead atoms. The molecule has 0 atom stereocenters. The van der Waals surface area contributed by atoms with Gasteiger partial charge in [0.1, 0.15) is 0 Å². The molecule has 0 unspecified atom stereocenters. The smallest absolute Gasteiger partial charge is 0.209 e. The number of aromatic nitrogens is 4. The van der Waals surface area contributed by atoms with Gasteiger partial charge in [-0.25, -0.2) is 17.8 Å². The lowest BCUT2D eigenvalue weighted by Gasteiger charge is -2.12. The van der Waals surface area contributed by atoms with Crippen molar-refractivity contribution in [3.8, 4) is 22.8 Å². The highest BCUT2D eigenvalue weighted by molar-refractivity contribution is 7.90. The Hall–Kier alpha value is -4.04. The number of sulfone groups is 1. The second kappa shape index (κ2) is 7.58. The van der Waals surface area contributed by atoms with Crippen molar-refractivity contribution in [3.63, 3.8) is 0 Å². The molecule has 0 aliphatic heterocycles. The van der Waals surface area contributed by atoms with Crippen LogP contribution in [0.4, 0.5) is 0 Å². The van der Waals surface area contributed by atoms with Gasteiger partial charge in [-0.2, -0.15) is 10.2 Å². The van der Waals surface area contributed by atoms with Crippen LogP contribution in [0.2, 0.25) is 0 Å². The van der Waals surface area contributed by atoms with Crippen LogP contribution in [0.5, 0.6) is 0 Å². The Balaban J connectivity index is 1.67. The van der Waals surface area contributed by atoms with Crippen LogP contribution < -0.4 is 5.43 Å². The second-order valence-corrected chi connectivity index (χ2v) is 9.38. The van der Waals surface area contributed by atoms with E-state index in [0.29, 0.717) is 11.4 Å². The van der Waals surface area contributed by atoms with E-state index in [4.69, 9.17) is 0 Å². The molecule has 0 saturated heterocycles. The van der Waals surface area contributed by atoms with E-state index >= 15 is 0 Å². The summed E-state index contributed by atoms with van der Waals surface area (Å²) in [5.41, 5.74) is 1.86. The Kier molecular flexibility index (Phi) is 4.71. The molecule has 0 aliphatic rings. The lowest BCUT2D eigenvalue weighted by Crippen LogP contribution is -2.15. The number of fused-ring (bicyclic) bond motifs is 1. The number of nitrogens with zero attached hydrogens (tertiary/aromatic N) is 4. The second-order valence-electron chi connectivity index (χ2n) is 7.37. The van der Waals surface area contributed by atoms with Crippen molar-refractivity contribution in [1.82, 2.24) is 19.6 Å². The lowest BCUT2D eigenvalue weighted by atomic mass is 10.1. The van der Waals surface area contributed by atoms with Crippen molar-refractivity contribution in [2.75, 3.05) is 6.26 Å². The lowest BCUT2D eigenvalue weighted by molar-refractivity contribution is 0.601. The maximum absolute atomic E-state index is 12.8. The van der Waals surface area contributed by atoms with Gasteiger partial charge >= 0.3 is 0 Å². The van der Waals surface area contributed by atoms with Gasteiger partial charge in [0.2, 0.25) is 5.43 Å². The summed E-state index contributed by atoms with van der Waals surface area (Å²) in [5.74, 6) is 0. The van der Waals surface area contributed by atoms with Crippen LogP contribution >= 0.6 is 0 Å². The standard InChI is InChI=1S/C24H18N4O3S/c1-32(30,31)19-9-5-8-18(16-19)27-15-13-23(29)24(26-27)22-12-14-25-28(22)21-11-4-7-17-6-2-3-10-20(17)21/h2-16H,1H3. The SMILES string of the molecule is CS(=O)(=O)c1cccc(-n2ccc(=O)c(-c3ccnn3-c3cccc4ccccc34)n2)c1. The zero-order valence-corrected chi connectivity index (χ0v) is 17.9. The van der Waals surface area contributed by atoms with Crippen LogP contribution in [0, 0.1) is 0 Å². The van der Waals surface area contributed by atoms with E-state index < -0.39 is 9.84 Å². The minimum atomic E-state index is -3.38. The molecule has 5 rings (SSSR count). The molecule has 0 saturated carbocycles. The Morgan fingerprint density at radius 2 is 1.66 bits per heavy atom. The highest BCUT2D eigenvalue weighted by atomic mass is 32.2. The summed E-state index contributed by atoms with van der Waals surface area (Å²) >= 11 is 0. The Morgan fingerprint density at radius 3 is 2.50 bits per heavy atom.